The summed E-state index contributed by atoms with van der Waals surface area (Å²) in [5, 5.41) is 0.804. The van der Waals surface area contributed by atoms with E-state index in [9.17, 15) is 0 Å². The van der Waals surface area contributed by atoms with Crippen molar-refractivity contribution in [3.05, 3.63) is 29.1 Å². The van der Waals surface area contributed by atoms with Gasteiger partial charge in [0.25, 0.3) is 0 Å². The topological polar surface area (TPSA) is 25.8 Å². The van der Waals surface area contributed by atoms with Gasteiger partial charge in [0.1, 0.15) is 0 Å². The zero-order valence-electron chi connectivity index (χ0n) is 7.62. The lowest BCUT2D eigenvalue weighted by molar-refractivity contribution is 0.933. The molecule has 1 aromatic heterocycles. The maximum Gasteiger partial charge on any atom is 0.188 e. The van der Waals surface area contributed by atoms with E-state index in [4.69, 9.17) is 11.6 Å². The van der Waals surface area contributed by atoms with Crippen LogP contribution in [-0.2, 0) is 0 Å². The fourth-order valence-electron chi connectivity index (χ4n) is 0.705. The Morgan fingerprint density at radius 3 is 3.08 bits per heavy atom. The summed E-state index contributed by atoms with van der Waals surface area (Å²) < 4.78 is 0. The van der Waals surface area contributed by atoms with E-state index in [0.717, 1.165) is 22.2 Å². The van der Waals surface area contributed by atoms with E-state index in [1.807, 2.05) is 19.9 Å². The van der Waals surface area contributed by atoms with Crippen LogP contribution in [-0.4, -0.2) is 15.7 Å². The Hall–Kier alpha value is -0.540. The highest BCUT2D eigenvalue weighted by Gasteiger charge is 1.97. The minimum atomic E-state index is 0.804. The summed E-state index contributed by atoms with van der Waals surface area (Å²) in [4.78, 5) is 8.39. The van der Waals surface area contributed by atoms with Crippen LogP contribution < -0.4 is 0 Å². The van der Waals surface area contributed by atoms with Gasteiger partial charge in [0.2, 0.25) is 0 Å². The fourth-order valence-corrected chi connectivity index (χ4v) is 1.66. The van der Waals surface area contributed by atoms with Crippen molar-refractivity contribution >= 4 is 23.4 Å². The second-order valence-electron chi connectivity index (χ2n) is 2.72. The fraction of sp³-hybridized carbons (Fsp3) is 0.333. The predicted molar refractivity (Wildman–Crippen MR) is 57.1 cm³/mol. The van der Waals surface area contributed by atoms with Crippen LogP contribution in [0.3, 0.4) is 0 Å². The van der Waals surface area contributed by atoms with Crippen molar-refractivity contribution in [2.45, 2.75) is 19.0 Å². The molecule has 4 heteroatoms. The molecule has 0 aliphatic carbocycles. The zero-order chi connectivity index (χ0) is 9.68. The Labute approximate surface area is 87.4 Å². The SMILES string of the molecule is C/C(=C/Cl)CSc1nccc(C)n1. The third-order valence-electron chi connectivity index (χ3n) is 1.39. The Bertz CT molecular complexity index is 312. The van der Waals surface area contributed by atoms with Gasteiger partial charge in [0, 0.05) is 23.2 Å². The highest BCUT2D eigenvalue weighted by atomic mass is 35.5. The van der Waals surface area contributed by atoms with E-state index >= 15 is 0 Å². The molecule has 0 saturated carbocycles. The second-order valence-corrected chi connectivity index (χ2v) is 3.89. The van der Waals surface area contributed by atoms with Crippen LogP contribution in [0.5, 0.6) is 0 Å². The van der Waals surface area contributed by atoms with E-state index in [2.05, 4.69) is 9.97 Å². The van der Waals surface area contributed by atoms with Crippen molar-refractivity contribution < 1.29 is 0 Å². The molecule has 0 unspecified atom stereocenters. The minimum Gasteiger partial charge on any atom is -0.231 e. The van der Waals surface area contributed by atoms with Gasteiger partial charge in [-0.25, -0.2) is 9.97 Å². The van der Waals surface area contributed by atoms with Crippen LogP contribution in [0.2, 0.25) is 0 Å². The molecule has 0 fully saturated rings. The van der Waals surface area contributed by atoms with E-state index in [1.54, 1.807) is 23.5 Å². The third-order valence-corrected chi connectivity index (χ3v) is 2.82. The van der Waals surface area contributed by atoms with Crippen molar-refractivity contribution in [3.63, 3.8) is 0 Å². The molecular weight excluding hydrogens is 204 g/mol. The summed E-state index contributed by atoms with van der Waals surface area (Å²) in [6, 6.07) is 1.88. The quantitative estimate of drug-likeness (QED) is 0.572. The molecule has 0 radical (unpaired) electrons. The molecule has 0 spiro atoms. The molecule has 0 aromatic carbocycles. The summed E-state index contributed by atoms with van der Waals surface area (Å²) in [5.74, 6) is 0.840. The standard InChI is InChI=1S/C9H11ClN2S/c1-7(5-10)6-13-9-11-4-3-8(2)12-9/h3-5H,6H2,1-2H3/b7-5-. The monoisotopic (exact) mass is 214 g/mol. The van der Waals surface area contributed by atoms with Gasteiger partial charge in [-0.1, -0.05) is 28.9 Å². The first-order valence-electron chi connectivity index (χ1n) is 3.90. The molecule has 0 aliphatic heterocycles. The number of thioether (sulfide) groups is 1. The first-order chi connectivity index (χ1) is 6.22. The van der Waals surface area contributed by atoms with Crippen LogP contribution in [0.15, 0.2) is 28.5 Å². The summed E-state index contributed by atoms with van der Waals surface area (Å²) >= 11 is 7.13. The number of aromatic nitrogens is 2. The summed E-state index contributed by atoms with van der Waals surface area (Å²) in [7, 11) is 0. The van der Waals surface area contributed by atoms with Crippen LogP contribution in [0.1, 0.15) is 12.6 Å². The Morgan fingerprint density at radius 1 is 1.69 bits per heavy atom. The molecule has 0 bridgehead atoms. The van der Waals surface area contributed by atoms with Crippen LogP contribution in [0, 0.1) is 6.92 Å². The van der Waals surface area contributed by atoms with E-state index < -0.39 is 0 Å². The second kappa shape index (κ2) is 5.25. The average molecular weight is 215 g/mol. The number of aryl methyl sites for hydroxylation is 1. The molecule has 0 aliphatic rings. The normalized spacial score (nSPS) is 11.8. The Morgan fingerprint density at radius 2 is 2.46 bits per heavy atom. The van der Waals surface area contributed by atoms with Gasteiger partial charge in [-0.2, -0.15) is 0 Å². The van der Waals surface area contributed by atoms with Crippen molar-refractivity contribution in [3.8, 4) is 0 Å². The number of rotatable bonds is 3. The lowest BCUT2D eigenvalue weighted by Gasteiger charge is -1.99. The summed E-state index contributed by atoms with van der Waals surface area (Å²) in [6.07, 6.45) is 1.77. The van der Waals surface area contributed by atoms with E-state index in [0.29, 0.717) is 0 Å². The van der Waals surface area contributed by atoms with Crippen LogP contribution in [0.4, 0.5) is 0 Å². The lowest BCUT2D eigenvalue weighted by Crippen LogP contribution is -1.89. The maximum atomic E-state index is 5.53. The molecule has 2 nitrogen and oxygen atoms in total. The van der Waals surface area contributed by atoms with Gasteiger partial charge in [-0.15, -0.1) is 0 Å². The molecular formula is C9H11ClN2S. The van der Waals surface area contributed by atoms with E-state index in [1.165, 1.54) is 0 Å². The molecule has 0 saturated heterocycles. The van der Waals surface area contributed by atoms with Crippen molar-refractivity contribution in [2.75, 3.05) is 5.75 Å². The van der Waals surface area contributed by atoms with Gasteiger partial charge in [0.05, 0.1) is 0 Å². The zero-order valence-corrected chi connectivity index (χ0v) is 9.19. The highest BCUT2D eigenvalue weighted by molar-refractivity contribution is 7.99. The molecule has 70 valence electrons. The number of nitrogens with zero attached hydrogens (tertiary/aromatic N) is 2. The molecule has 1 heterocycles. The van der Waals surface area contributed by atoms with Gasteiger partial charge in [-0.05, 0) is 19.9 Å². The molecule has 13 heavy (non-hydrogen) atoms. The first kappa shape index (κ1) is 10.5. The first-order valence-corrected chi connectivity index (χ1v) is 5.33. The van der Waals surface area contributed by atoms with Crippen LogP contribution in [0.25, 0.3) is 0 Å². The average Bonchev–Trinajstić information content (AvgIpc) is 2.14. The van der Waals surface area contributed by atoms with Gasteiger partial charge in [0.15, 0.2) is 5.16 Å². The Balaban J connectivity index is 2.55. The van der Waals surface area contributed by atoms with Crippen LogP contribution >= 0.6 is 23.4 Å². The van der Waals surface area contributed by atoms with Crippen molar-refractivity contribution in [1.82, 2.24) is 9.97 Å². The third kappa shape index (κ3) is 3.79. The van der Waals surface area contributed by atoms with E-state index in [-0.39, 0.29) is 0 Å². The number of halogens is 1. The lowest BCUT2D eigenvalue weighted by atomic mass is 10.4. The Kier molecular flexibility index (Phi) is 4.25. The van der Waals surface area contributed by atoms with Gasteiger partial charge < -0.3 is 0 Å². The highest BCUT2D eigenvalue weighted by Crippen LogP contribution is 2.15. The summed E-state index contributed by atoms with van der Waals surface area (Å²) in [5.41, 5.74) is 3.70. The van der Waals surface area contributed by atoms with Gasteiger partial charge in [-0.3, -0.25) is 0 Å². The van der Waals surface area contributed by atoms with Gasteiger partial charge >= 0.3 is 0 Å². The molecule has 0 N–H and O–H groups in total. The smallest absolute Gasteiger partial charge is 0.188 e. The number of hydrogen-bond donors (Lipinski definition) is 0. The van der Waals surface area contributed by atoms with Crippen molar-refractivity contribution in [1.29, 1.82) is 0 Å². The molecule has 0 atom stereocenters. The minimum absolute atomic E-state index is 0.804. The largest absolute Gasteiger partial charge is 0.231 e. The number of hydrogen-bond acceptors (Lipinski definition) is 3. The van der Waals surface area contributed by atoms with Crippen molar-refractivity contribution in [2.24, 2.45) is 0 Å². The molecule has 1 rings (SSSR count). The molecule has 0 amide bonds. The summed E-state index contributed by atoms with van der Waals surface area (Å²) in [6.45, 7) is 3.94. The molecule has 1 aromatic rings. The predicted octanol–water partition coefficient (Wildman–Crippen LogP) is 3.02. The maximum absolute atomic E-state index is 5.53.